The summed E-state index contributed by atoms with van der Waals surface area (Å²) in [5.41, 5.74) is 1.66. The highest BCUT2D eigenvalue weighted by molar-refractivity contribution is 6.32. The lowest BCUT2D eigenvalue weighted by Gasteiger charge is -2.22. The first-order chi connectivity index (χ1) is 9.56. The van der Waals surface area contributed by atoms with Crippen LogP contribution in [0.15, 0.2) is 24.5 Å². The van der Waals surface area contributed by atoms with E-state index in [1.54, 1.807) is 12.4 Å². The molecule has 0 aliphatic carbocycles. The van der Waals surface area contributed by atoms with E-state index < -0.39 is 0 Å². The number of hydrogen-bond acceptors (Lipinski definition) is 3. The molecule has 0 amide bonds. The molecule has 0 saturated carbocycles. The molecule has 1 atom stereocenters. The van der Waals surface area contributed by atoms with Crippen molar-refractivity contribution in [1.82, 2.24) is 20.1 Å². The lowest BCUT2D eigenvalue weighted by atomic mass is 10.1. The molecule has 0 bridgehead atoms. The van der Waals surface area contributed by atoms with Gasteiger partial charge in [-0.1, -0.05) is 30.1 Å². The summed E-state index contributed by atoms with van der Waals surface area (Å²) in [6.45, 7) is 6.94. The van der Waals surface area contributed by atoms with Crippen LogP contribution in [0.3, 0.4) is 0 Å². The van der Waals surface area contributed by atoms with E-state index in [4.69, 9.17) is 23.2 Å². The molecule has 2 aromatic rings. The highest BCUT2D eigenvalue weighted by atomic mass is 35.5. The van der Waals surface area contributed by atoms with Crippen molar-refractivity contribution >= 4 is 23.2 Å². The quantitative estimate of drug-likeness (QED) is 0.911. The molecular weight excluding hydrogens is 295 g/mol. The predicted molar refractivity (Wildman–Crippen MR) is 82.4 cm³/mol. The van der Waals surface area contributed by atoms with Crippen LogP contribution < -0.4 is 5.32 Å². The Balaban J connectivity index is 2.55. The van der Waals surface area contributed by atoms with E-state index in [0.717, 1.165) is 17.9 Å². The molecule has 1 N–H and O–H groups in total. The fraction of sp³-hybridized carbons (Fsp3) is 0.429. The number of rotatable bonds is 5. The fourth-order valence-corrected chi connectivity index (χ4v) is 2.64. The summed E-state index contributed by atoms with van der Waals surface area (Å²) < 4.78 is 1.90. The lowest BCUT2D eigenvalue weighted by Crippen LogP contribution is -2.27. The molecule has 0 fully saturated rings. The maximum absolute atomic E-state index is 6.33. The zero-order valence-electron chi connectivity index (χ0n) is 11.8. The summed E-state index contributed by atoms with van der Waals surface area (Å²) in [5, 5.41) is 8.97. The minimum absolute atomic E-state index is 0.175. The molecule has 20 heavy (non-hydrogen) atoms. The van der Waals surface area contributed by atoms with Crippen molar-refractivity contribution in [2.24, 2.45) is 0 Å². The SMILES string of the molecule is CCNC(c1ncccc1Cl)c1c(Cl)cnn1C(C)C. The second-order valence-electron chi connectivity index (χ2n) is 4.78. The Kier molecular flexibility index (Phi) is 5.02. The Bertz CT molecular complexity index is 580. The Morgan fingerprint density at radius 3 is 2.65 bits per heavy atom. The molecule has 6 heteroatoms. The van der Waals surface area contributed by atoms with Crippen LogP contribution in [0.2, 0.25) is 10.0 Å². The molecule has 2 aromatic heterocycles. The van der Waals surface area contributed by atoms with Gasteiger partial charge in [-0.3, -0.25) is 9.67 Å². The van der Waals surface area contributed by atoms with Gasteiger partial charge >= 0.3 is 0 Å². The fourth-order valence-electron chi connectivity index (χ4n) is 2.17. The van der Waals surface area contributed by atoms with Crippen molar-refractivity contribution < 1.29 is 0 Å². The van der Waals surface area contributed by atoms with Gasteiger partial charge in [-0.25, -0.2) is 0 Å². The number of aromatic nitrogens is 3. The number of nitrogens with one attached hydrogen (secondary N) is 1. The van der Waals surface area contributed by atoms with Crippen LogP contribution in [0.4, 0.5) is 0 Å². The summed E-state index contributed by atoms with van der Waals surface area (Å²) in [4.78, 5) is 4.40. The summed E-state index contributed by atoms with van der Waals surface area (Å²) in [6, 6.07) is 3.68. The van der Waals surface area contributed by atoms with Crippen molar-refractivity contribution in [3.05, 3.63) is 46.0 Å². The first-order valence-corrected chi connectivity index (χ1v) is 7.38. The molecule has 0 radical (unpaired) electrons. The highest BCUT2D eigenvalue weighted by Gasteiger charge is 2.25. The highest BCUT2D eigenvalue weighted by Crippen LogP contribution is 2.32. The van der Waals surface area contributed by atoms with Gasteiger partial charge in [0.25, 0.3) is 0 Å². The largest absolute Gasteiger partial charge is 0.304 e. The standard InChI is InChI=1S/C14H18Cl2N4/c1-4-17-13(12-10(15)6-5-7-18-12)14-11(16)8-19-20(14)9(2)3/h5-9,13,17H,4H2,1-3H3. The molecule has 0 spiro atoms. The molecule has 1 unspecified atom stereocenters. The van der Waals surface area contributed by atoms with Crippen molar-refractivity contribution in [2.75, 3.05) is 6.54 Å². The Morgan fingerprint density at radius 1 is 1.30 bits per heavy atom. The number of pyridine rings is 1. The van der Waals surface area contributed by atoms with E-state index in [1.807, 2.05) is 23.7 Å². The molecule has 0 aliphatic heterocycles. The first kappa shape index (κ1) is 15.3. The first-order valence-electron chi connectivity index (χ1n) is 6.63. The molecule has 108 valence electrons. The van der Waals surface area contributed by atoms with Gasteiger partial charge < -0.3 is 5.32 Å². The van der Waals surface area contributed by atoms with Crippen LogP contribution in [-0.2, 0) is 0 Å². The zero-order valence-corrected chi connectivity index (χ0v) is 13.3. The summed E-state index contributed by atoms with van der Waals surface area (Å²) in [5.74, 6) is 0. The van der Waals surface area contributed by atoms with Gasteiger partial charge in [0.2, 0.25) is 0 Å². The molecule has 0 aliphatic rings. The third-order valence-corrected chi connectivity index (χ3v) is 3.63. The Labute approximate surface area is 129 Å². The maximum atomic E-state index is 6.33. The molecule has 2 heterocycles. The van der Waals surface area contributed by atoms with E-state index in [1.165, 1.54) is 0 Å². The van der Waals surface area contributed by atoms with Crippen LogP contribution >= 0.6 is 23.2 Å². The number of hydrogen-bond donors (Lipinski definition) is 1. The average molecular weight is 313 g/mol. The van der Waals surface area contributed by atoms with Crippen LogP contribution in [0.5, 0.6) is 0 Å². The summed E-state index contributed by atoms with van der Waals surface area (Å²) in [7, 11) is 0. The average Bonchev–Trinajstić information content (AvgIpc) is 2.79. The molecular formula is C14H18Cl2N4. The summed E-state index contributed by atoms with van der Waals surface area (Å²) in [6.07, 6.45) is 3.40. The third kappa shape index (κ3) is 2.97. The second kappa shape index (κ2) is 6.57. The van der Waals surface area contributed by atoms with Crippen molar-refractivity contribution in [3.8, 4) is 0 Å². The third-order valence-electron chi connectivity index (χ3n) is 3.02. The van der Waals surface area contributed by atoms with E-state index >= 15 is 0 Å². The van der Waals surface area contributed by atoms with Gasteiger partial charge in [-0.05, 0) is 32.5 Å². The summed E-state index contributed by atoms with van der Waals surface area (Å²) >= 11 is 12.6. The zero-order chi connectivity index (χ0) is 14.7. The molecule has 4 nitrogen and oxygen atoms in total. The number of halogens is 2. The van der Waals surface area contributed by atoms with E-state index in [0.29, 0.717) is 10.0 Å². The normalized spacial score (nSPS) is 12.9. The molecule has 0 aromatic carbocycles. The van der Waals surface area contributed by atoms with Crippen LogP contribution in [0, 0.1) is 0 Å². The van der Waals surface area contributed by atoms with E-state index in [2.05, 4.69) is 29.2 Å². The second-order valence-corrected chi connectivity index (χ2v) is 5.59. The molecule has 2 rings (SSSR count). The van der Waals surface area contributed by atoms with Gasteiger partial charge in [0.05, 0.1) is 33.7 Å². The van der Waals surface area contributed by atoms with E-state index in [-0.39, 0.29) is 12.1 Å². The Hall–Kier alpha value is -1.10. The lowest BCUT2D eigenvalue weighted by molar-refractivity contribution is 0.473. The van der Waals surface area contributed by atoms with Crippen molar-refractivity contribution in [3.63, 3.8) is 0 Å². The maximum Gasteiger partial charge on any atom is 0.0952 e. The van der Waals surface area contributed by atoms with Crippen molar-refractivity contribution in [2.45, 2.75) is 32.9 Å². The number of nitrogens with zero attached hydrogens (tertiary/aromatic N) is 3. The van der Waals surface area contributed by atoms with Crippen LogP contribution in [0.1, 0.15) is 44.2 Å². The van der Waals surface area contributed by atoms with Gasteiger partial charge in [0.15, 0.2) is 0 Å². The van der Waals surface area contributed by atoms with Gasteiger partial charge in [-0.15, -0.1) is 0 Å². The molecule has 0 saturated heterocycles. The minimum Gasteiger partial charge on any atom is -0.304 e. The van der Waals surface area contributed by atoms with Gasteiger partial charge in [0.1, 0.15) is 0 Å². The van der Waals surface area contributed by atoms with Gasteiger partial charge in [-0.2, -0.15) is 5.10 Å². The van der Waals surface area contributed by atoms with E-state index in [9.17, 15) is 0 Å². The van der Waals surface area contributed by atoms with Crippen LogP contribution in [-0.4, -0.2) is 21.3 Å². The van der Waals surface area contributed by atoms with Crippen LogP contribution in [0.25, 0.3) is 0 Å². The minimum atomic E-state index is -0.175. The monoisotopic (exact) mass is 312 g/mol. The van der Waals surface area contributed by atoms with Crippen molar-refractivity contribution in [1.29, 1.82) is 0 Å². The predicted octanol–water partition coefficient (Wildman–Crippen LogP) is 3.86. The Morgan fingerprint density at radius 2 is 2.05 bits per heavy atom. The smallest absolute Gasteiger partial charge is 0.0952 e. The van der Waals surface area contributed by atoms with Gasteiger partial charge in [0, 0.05) is 12.2 Å². The topological polar surface area (TPSA) is 42.7 Å².